The molecule has 1 heterocycles. The van der Waals surface area contributed by atoms with Crippen LogP contribution in [-0.4, -0.2) is 22.4 Å². The van der Waals surface area contributed by atoms with Gasteiger partial charge in [-0.1, -0.05) is 24.3 Å². The van der Waals surface area contributed by atoms with E-state index in [2.05, 4.69) is 34.8 Å². The highest BCUT2D eigenvalue weighted by Crippen LogP contribution is 2.16. The van der Waals surface area contributed by atoms with Crippen LogP contribution < -0.4 is 10.6 Å². The van der Waals surface area contributed by atoms with Gasteiger partial charge in [-0.3, -0.25) is 4.68 Å². The lowest BCUT2D eigenvalue weighted by Crippen LogP contribution is -2.38. The number of aromatic nitrogens is 2. The summed E-state index contributed by atoms with van der Waals surface area (Å²) in [6.07, 6.45) is 0.855. The van der Waals surface area contributed by atoms with Gasteiger partial charge in [-0.15, -0.1) is 0 Å². The number of hydrogen-bond donors (Lipinski definition) is 2. The lowest BCUT2D eigenvalue weighted by molar-refractivity contribution is 0.237. The molecule has 1 atom stereocenters. The van der Waals surface area contributed by atoms with Gasteiger partial charge >= 0.3 is 6.03 Å². The lowest BCUT2D eigenvalue weighted by Gasteiger charge is -2.17. The van der Waals surface area contributed by atoms with Crippen LogP contribution in [-0.2, 0) is 6.54 Å². The second-order valence-electron chi connectivity index (χ2n) is 5.98. The van der Waals surface area contributed by atoms with Gasteiger partial charge in [0.2, 0.25) is 0 Å². The Morgan fingerprint density at radius 3 is 2.65 bits per heavy atom. The number of rotatable bonds is 6. The average molecular weight is 314 g/mol. The van der Waals surface area contributed by atoms with Gasteiger partial charge in [0.25, 0.3) is 0 Å². The second-order valence-corrected chi connectivity index (χ2v) is 5.98. The molecule has 2 rings (SSSR count). The zero-order valence-corrected chi connectivity index (χ0v) is 14.4. The molecular formula is C18H26N4O. The third-order valence-electron chi connectivity index (χ3n) is 3.94. The van der Waals surface area contributed by atoms with Crippen molar-refractivity contribution in [1.29, 1.82) is 0 Å². The molecule has 0 aliphatic rings. The fourth-order valence-corrected chi connectivity index (χ4v) is 2.73. The van der Waals surface area contributed by atoms with Crippen LogP contribution in [0.25, 0.3) is 0 Å². The summed E-state index contributed by atoms with van der Waals surface area (Å²) in [7, 11) is 0. The summed E-state index contributed by atoms with van der Waals surface area (Å²) in [4.78, 5) is 12.0. The van der Waals surface area contributed by atoms with Gasteiger partial charge in [-0.2, -0.15) is 5.10 Å². The van der Waals surface area contributed by atoms with E-state index >= 15 is 0 Å². The highest BCUT2D eigenvalue weighted by molar-refractivity contribution is 5.74. The van der Waals surface area contributed by atoms with E-state index in [4.69, 9.17) is 0 Å². The predicted octanol–water partition coefficient (Wildman–Crippen LogP) is 3.26. The summed E-state index contributed by atoms with van der Waals surface area (Å²) >= 11 is 0. The van der Waals surface area contributed by atoms with E-state index in [1.54, 1.807) is 0 Å². The summed E-state index contributed by atoms with van der Waals surface area (Å²) in [5.41, 5.74) is 4.51. The van der Waals surface area contributed by atoms with Crippen molar-refractivity contribution in [2.24, 2.45) is 0 Å². The highest BCUT2D eigenvalue weighted by atomic mass is 16.2. The fourth-order valence-electron chi connectivity index (χ4n) is 2.73. The molecule has 0 saturated heterocycles. The maximum Gasteiger partial charge on any atom is 0.315 e. The zero-order valence-electron chi connectivity index (χ0n) is 14.4. The number of carbonyl (C=O) groups excluding carboxylic acids is 1. The van der Waals surface area contributed by atoms with Crippen molar-refractivity contribution < 1.29 is 4.79 Å². The van der Waals surface area contributed by atoms with Crippen molar-refractivity contribution in [2.45, 2.75) is 46.7 Å². The first-order valence-corrected chi connectivity index (χ1v) is 8.08. The standard InChI is InChI=1S/C18H26N4O/c1-13-8-5-6-9-17(13)16(4)20-18(23)19-10-7-11-22-15(3)12-14(2)21-22/h5-6,8-9,12,16H,7,10-11H2,1-4H3,(H2,19,20,23). The quantitative estimate of drug-likeness (QED) is 0.804. The minimum Gasteiger partial charge on any atom is -0.338 e. The van der Waals surface area contributed by atoms with Crippen molar-refractivity contribution in [3.05, 3.63) is 52.8 Å². The lowest BCUT2D eigenvalue weighted by atomic mass is 10.0. The molecule has 2 N–H and O–H groups in total. The molecule has 0 bridgehead atoms. The molecule has 0 radical (unpaired) electrons. The van der Waals surface area contributed by atoms with Crippen LogP contribution in [0.2, 0.25) is 0 Å². The van der Waals surface area contributed by atoms with Gasteiger partial charge in [0.15, 0.2) is 0 Å². The van der Waals surface area contributed by atoms with E-state index in [0.717, 1.165) is 29.9 Å². The molecule has 1 aromatic heterocycles. The van der Waals surface area contributed by atoms with Gasteiger partial charge in [-0.05, 0) is 51.3 Å². The van der Waals surface area contributed by atoms with Gasteiger partial charge in [0.05, 0.1) is 11.7 Å². The molecule has 0 aliphatic heterocycles. The first-order chi connectivity index (χ1) is 11.0. The molecule has 2 amide bonds. The number of nitrogens with one attached hydrogen (secondary N) is 2. The van der Waals surface area contributed by atoms with Crippen molar-refractivity contribution in [1.82, 2.24) is 20.4 Å². The maximum atomic E-state index is 12.0. The third kappa shape index (κ3) is 4.84. The Morgan fingerprint density at radius 2 is 2.00 bits per heavy atom. The Hall–Kier alpha value is -2.30. The molecule has 5 heteroatoms. The number of carbonyl (C=O) groups is 1. The molecule has 0 spiro atoms. The number of amides is 2. The zero-order chi connectivity index (χ0) is 16.8. The van der Waals surface area contributed by atoms with E-state index in [1.165, 1.54) is 5.56 Å². The Bertz CT molecular complexity index is 663. The van der Waals surface area contributed by atoms with Gasteiger partial charge in [0.1, 0.15) is 0 Å². The monoisotopic (exact) mass is 314 g/mol. The number of aryl methyl sites for hydroxylation is 4. The molecule has 1 unspecified atom stereocenters. The minimum absolute atomic E-state index is 0.00721. The molecule has 124 valence electrons. The third-order valence-corrected chi connectivity index (χ3v) is 3.94. The van der Waals surface area contributed by atoms with Crippen LogP contribution in [0.15, 0.2) is 30.3 Å². The predicted molar refractivity (Wildman–Crippen MR) is 92.4 cm³/mol. The summed E-state index contributed by atoms with van der Waals surface area (Å²) in [5, 5.41) is 10.3. The number of nitrogens with zero attached hydrogens (tertiary/aromatic N) is 2. The maximum absolute atomic E-state index is 12.0. The number of hydrogen-bond acceptors (Lipinski definition) is 2. The molecular weight excluding hydrogens is 288 g/mol. The Labute approximate surface area is 138 Å². The highest BCUT2D eigenvalue weighted by Gasteiger charge is 2.10. The fraction of sp³-hybridized carbons (Fsp3) is 0.444. The Balaban J connectivity index is 1.73. The molecule has 1 aromatic carbocycles. The topological polar surface area (TPSA) is 59.0 Å². The average Bonchev–Trinajstić information content (AvgIpc) is 2.82. The normalized spacial score (nSPS) is 12.0. The largest absolute Gasteiger partial charge is 0.338 e. The van der Waals surface area contributed by atoms with Crippen LogP contribution in [0.3, 0.4) is 0 Å². The van der Waals surface area contributed by atoms with Crippen LogP contribution >= 0.6 is 0 Å². The van der Waals surface area contributed by atoms with Crippen LogP contribution in [0.4, 0.5) is 4.79 Å². The van der Waals surface area contributed by atoms with E-state index in [1.807, 2.05) is 43.7 Å². The van der Waals surface area contributed by atoms with E-state index in [9.17, 15) is 4.79 Å². The van der Waals surface area contributed by atoms with Crippen molar-refractivity contribution in [3.63, 3.8) is 0 Å². The molecule has 0 saturated carbocycles. The minimum atomic E-state index is -0.130. The van der Waals surface area contributed by atoms with E-state index in [-0.39, 0.29) is 12.1 Å². The number of benzene rings is 1. The van der Waals surface area contributed by atoms with Crippen molar-refractivity contribution >= 4 is 6.03 Å². The van der Waals surface area contributed by atoms with Crippen molar-refractivity contribution in [3.8, 4) is 0 Å². The van der Waals surface area contributed by atoms with E-state index < -0.39 is 0 Å². The number of urea groups is 1. The van der Waals surface area contributed by atoms with Crippen LogP contribution in [0.1, 0.15) is 41.9 Å². The van der Waals surface area contributed by atoms with Gasteiger partial charge in [0, 0.05) is 18.8 Å². The van der Waals surface area contributed by atoms with Crippen LogP contribution in [0, 0.1) is 20.8 Å². The summed E-state index contributed by atoms with van der Waals surface area (Å²) in [5.74, 6) is 0. The SMILES string of the molecule is Cc1cc(C)n(CCCNC(=O)NC(C)c2ccccc2C)n1. The smallest absolute Gasteiger partial charge is 0.315 e. The first kappa shape index (κ1) is 17.1. The van der Waals surface area contributed by atoms with Crippen LogP contribution in [0.5, 0.6) is 0 Å². The Kier molecular flexibility index (Phi) is 5.79. The molecule has 5 nitrogen and oxygen atoms in total. The van der Waals surface area contributed by atoms with Gasteiger partial charge < -0.3 is 10.6 Å². The molecule has 0 fully saturated rings. The summed E-state index contributed by atoms with van der Waals surface area (Å²) in [6.45, 7) is 9.53. The first-order valence-electron chi connectivity index (χ1n) is 8.08. The Morgan fingerprint density at radius 1 is 1.26 bits per heavy atom. The van der Waals surface area contributed by atoms with Gasteiger partial charge in [-0.25, -0.2) is 4.79 Å². The molecule has 23 heavy (non-hydrogen) atoms. The second kappa shape index (κ2) is 7.81. The van der Waals surface area contributed by atoms with E-state index in [0.29, 0.717) is 6.54 Å². The summed E-state index contributed by atoms with van der Waals surface area (Å²) < 4.78 is 1.98. The summed E-state index contributed by atoms with van der Waals surface area (Å²) in [6, 6.07) is 10.0. The molecule has 2 aromatic rings. The van der Waals surface area contributed by atoms with Crippen molar-refractivity contribution in [2.75, 3.05) is 6.54 Å². The molecule has 0 aliphatic carbocycles.